The molecular weight excluding hydrogens is 288 g/mol. The SMILES string of the molecule is COc1ccsc1C(=O)N1CCOCC1c1cccn1C. The molecule has 21 heavy (non-hydrogen) atoms. The average Bonchev–Trinajstić information content (AvgIpc) is 3.14. The van der Waals surface area contributed by atoms with Gasteiger partial charge in [-0.1, -0.05) is 0 Å². The third kappa shape index (κ3) is 2.56. The summed E-state index contributed by atoms with van der Waals surface area (Å²) >= 11 is 1.42. The van der Waals surface area contributed by atoms with E-state index < -0.39 is 0 Å². The van der Waals surface area contributed by atoms with Gasteiger partial charge in [0, 0.05) is 25.5 Å². The van der Waals surface area contributed by atoms with Gasteiger partial charge in [-0.25, -0.2) is 0 Å². The predicted octanol–water partition coefficient (Wildman–Crippen LogP) is 2.31. The third-order valence-corrected chi connectivity index (χ3v) is 4.64. The molecule has 0 saturated carbocycles. The molecule has 0 radical (unpaired) electrons. The molecule has 1 amide bonds. The Morgan fingerprint density at radius 1 is 1.48 bits per heavy atom. The van der Waals surface area contributed by atoms with E-state index in [0.29, 0.717) is 30.4 Å². The monoisotopic (exact) mass is 306 g/mol. The molecule has 2 aromatic heterocycles. The van der Waals surface area contributed by atoms with Crippen molar-refractivity contribution in [2.75, 3.05) is 26.9 Å². The molecule has 2 aromatic rings. The Labute approximate surface area is 127 Å². The summed E-state index contributed by atoms with van der Waals surface area (Å²) in [6.07, 6.45) is 1.98. The van der Waals surface area contributed by atoms with Gasteiger partial charge < -0.3 is 18.9 Å². The minimum Gasteiger partial charge on any atom is -0.495 e. The van der Waals surface area contributed by atoms with Crippen LogP contribution in [0.15, 0.2) is 29.8 Å². The van der Waals surface area contributed by atoms with Crippen LogP contribution in [0.5, 0.6) is 5.75 Å². The molecule has 1 atom stereocenters. The van der Waals surface area contributed by atoms with Crippen molar-refractivity contribution in [3.63, 3.8) is 0 Å². The normalized spacial score (nSPS) is 18.8. The number of thiophene rings is 1. The van der Waals surface area contributed by atoms with E-state index in [4.69, 9.17) is 9.47 Å². The fourth-order valence-corrected chi connectivity index (χ4v) is 3.47. The first-order valence-corrected chi connectivity index (χ1v) is 7.71. The predicted molar refractivity (Wildman–Crippen MR) is 80.9 cm³/mol. The van der Waals surface area contributed by atoms with Crippen LogP contribution in [0.2, 0.25) is 0 Å². The van der Waals surface area contributed by atoms with Crippen molar-refractivity contribution in [2.24, 2.45) is 7.05 Å². The highest BCUT2D eigenvalue weighted by Crippen LogP contribution is 2.31. The van der Waals surface area contributed by atoms with E-state index in [-0.39, 0.29) is 11.9 Å². The Balaban J connectivity index is 1.91. The Bertz CT molecular complexity index is 634. The zero-order chi connectivity index (χ0) is 14.8. The number of morpholine rings is 1. The highest BCUT2D eigenvalue weighted by molar-refractivity contribution is 7.12. The first-order chi connectivity index (χ1) is 10.2. The van der Waals surface area contributed by atoms with E-state index in [1.54, 1.807) is 7.11 Å². The number of hydrogen-bond acceptors (Lipinski definition) is 4. The molecule has 6 heteroatoms. The maximum absolute atomic E-state index is 12.8. The lowest BCUT2D eigenvalue weighted by atomic mass is 10.1. The summed E-state index contributed by atoms with van der Waals surface area (Å²) in [5.41, 5.74) is 1.08. The van der Waals surface area contributed by atoms with Crippen molar-refractivity contribution in [3.8, 4) is 5.75 Å². The largest absolute Gasteiger partial charge is 0.495 e. The van der Waals surface area contributed by atoms with E-state index in [1.165, 1.54) is 11.3 Å². The molecule has 1 unspecified atom stereocenters. The van der Waals surface area contributed by atoms with Crippen LogP contribution in [-0.4, -0.2) is 42.2 Å². The van der Waals surface area contributed by atoms with E-state index in [0.717, 1.165) is 5.69 Å². The lowest BCUT2D eigenvalue weighted by molar-refractivity contribution is -0.00450. The number of ether oxygens (including phenoxy) is 2. The number of carbonyl (C=O) groups excluding carboxylic acids is 1. The van der Waals surface area contributed by atoms with Crippen LogP contribution in [0.3, 0.4) is 0 Å². The zero-order valence-corrected chi connectivity index (χ0v) is 12.9. The van der Waals surface area contributed by atoms with Crippen molar-refractivity contribution in [3.05, 3.63) is 40.3 Å². The molecule has 1 saturated heterocycles. The number of rotatable bonds is 3. The first kappa shape index (κ1) is 14.2. The number of aromatic nitrogens is 1. The summed E-state index contributed by atoms with van der Waals surface area (Å²) < 4.78 is 12.9. The average molecular weight is 306 g/mol. The Hall–Kier alpha value is -1.79. The molecular formula is C15H18N2O3S. The number of carbonyl (C=O) groups is 1. The summed E-state index contributed by atoms with van der Waals surface area (Å²) in [5, 5.41) is 1.88. The number of nitrogens with zero attached hydrogens (tertiary/aromatic N) is 2. The van der Waals surface area contributed by atoms with Crippen molar-refractivity contribution in [1.29, 1.82) is 0 Å². The number of methoxy groups -OCH3 is 1. The summed E-state index contributed by atoms with van der Waals surface area (Å²) in [6.45, 7) is 1.69. The third-order valence-electron chi connectivity index (χ3n) is 3.76. The lowest BCUT2D eigenvalue weighted by Gasteiger charge is -2.35. The molecule has 0 aliphatic carbocycles. The quantitative estimate of drug-likeness (QED) is 0.874. The maximum atomic E-state index is 12.8. The summed E-state index contributed by atoms with van der Waals surface area (Å²) in [4.78, 5) is 15.4. The van der Waals surface area contributed by atoms with Crippen LogP contribution in [0, 0.1) is 0 Å². The van der Waals surface area contributed by atoms with Gasteiger partial charge in [-0.15, -0.1) is 11.3 Å². The molecule has 1 fully saturated rings. The van der Waals surface area contributed by atoms with E-state index in [2.05, 4.69) is 0 Å². The topological polar surface area (TPSA) is 43.7 Å². The minimum atomic E-state index is -0.0574. The summed E-state index contributed by atoms with van der Waals surface area (Å²) in [7, 11) is 3.57. The second-order valence-corrected chi connectivity index (χ2v) is 5.87. The van der Waals surface area contributed by atoms with Gasteiger partial charge in [0.25, 0.3) is 5.91 Å². The first-order valence-electron chi connectivity index (χ1n) is 6.83. The molecule has 112 valence electrons. The van der Waals surface area contributed by atoms with Gasteiger partial charge in [-0.05, 0) is 23.6 Å². The van der Waals surface area contributed by atoms with Crippen molar-refractivity contribution >= 4 is 17.2 Å². The molecule has 3 heterocycles. The van der Waals surface area contributed by atoms with Crippen LogP contribution in [0.25, 0.3) is 0 Å². The fraction of sp³-hybridized carbons (Fsp3) is 0.400. The molecule has 0 spiro atoms. The van der Waals surface area contributed by atoms with Crippen LogP contribution in [0.4, 0.5) is 0 Å². The van der Waals surface area contributed by atoms with Crippen LogP contribution in [-0.2, 0) is 11.8 Å². The van der Waals surface area contributed by atoms with E-state index in [9.17, 15) is 4.79 Å². The van der Waals surface area contributed by atoms with Gasteiger partial charge >= 0.3 is 0 Å². The van der Waals surface area contributed by atoms with Crippen LogP contribution >= 0.6 is 11.3 Å². The Kier molecular flexibility index (Phi) is 3.98. The zero-order valence-electron chi connectivity index (χ0n) is 12.1. The second-order valence-electron chi connectivity index (χ2n) is 4.95. The standard InChI is InChI=1S/C15H18N2O3S/c1-16-6-3-4-11(16)12-10-20-8-7-17(12)15(18)14-13(19-2)5-9-21-14/h3-6,9,12H,7-8,10H2,1-2H3. The van der Waals surface area contributed by atoms with Gasteiger partial charge in [-0.3, -0.25) is 4.79 Å². The Morgan fingerprint density at radius 3 is 3.05 bits per heavy atom. The van der Waals surface area contributed by atoms with Gasteiger partial charge in [0.05, 0.1) is 26.4 Å². The minimum absolute atomic E-state index is 0.0105. The van der Waals surface area contributed by atoms with Crippen molar-refractivity contribution < 1.29 is 14.3 Å². The van der Waals surface area contributed by atoms with Gasteiger partial charge in [0.2, 0.25) is 0 Å². The molecule has 1 aliphatic rings. The van der Waals surface area contributed by atoms with Gasteiger partial charge in [-0.2, -0.15) is 0 Å². The van der Waals surface area contributed by atoms with Crippen molar-refractivity contribution in [1.82, 2.24) is 9.47 Å². The molecule has 0 aromatic carbocycles. The number of aryl methyl sites for hydroxylation is 1. The summed E-state index contributed by atoms with van der Waals surface area (Å²) in [5.74, 6) is 0.651. The van der Waals surface area contributed by atoms with Crippen LogP contribution in [0.1, 0.15) is 21.4 Å². The summed E-state index contributed by atoms with van der Waals surface area (Å²) in [6, 6.07) is 5.79. The second kappa shape index (κ2) is 5.91. The molecule has 5 nitrogen and oxygen atoms in total. The molecule has 0 N–H and O–H groups in total. The Morgan fingerprint density at radius 2 is 2.33 bits per heavy atom. The smallest absolute Gasteiger partial charge is 0.268 e. The highest BCUT2D eigenvalue weighted by Gasteiger charge is 2.32. The number of hydrogen-bond donors (Lipinski definition) is 0. The molecule has 3 rings (SSSR count). The van der Waals surface area contributed by atoms with Crippen molar-refractivity contribution in [2.45, 2.75) is 6.04 Å². The van der Waals surface area contributed by atoms with E-state index >= 15 is 0 Å². The molecule has 0 bridgehead atoms. The highest BCUT2D eigenvalue weighted by atomic mass is 32.1. The lowest BCUT2D eigenvalue weighted by Crippen LogP contribution is -2.43. The van der Waals surface area contributed by atoms with Gasteiger partial charge in [0.15, 0.2) is 0 Å². The number of amides is 1. The van der Waals surface area contributed by atoms with Gasteiger partial charge in [0.1, 0.15) is 10.6 Å². The molecule has 1 aliphatic heterocycles. The van der Waals surface area contributed by atoms with Crippen LogP contribution < -0.4 is 4.74 Å². The fourth-order valence-electron chi connectivity index (χ4n) is 2.66. The van der Waals surface area contributed by atoms with E-state index in [1.807, 2.05) is 46.3 Å². The maximum Gasteiger partial charge on any atom is 0.268 e.